The van der Waals surface area contributed by atoms with E-state index in [9.17, 15) is 0 Å². The maximum Gasteiger partial charge on any atom is 0.191 e. The summed E-state index contributed by atoms with van der Waals surface area (Å²) in [6.07, 6.45) is 8.75. The van der Waals surface area contributed by atoms with Gasteiger partial charge in [0.15, 0.2) is 5.96 Å². The Balaban J connectivity index is 0.00000341. The Labute approximate surface area is 203 Å². The third-order valence-corrected chi connectivity index (χ3v) is 5.56. The van der Waals surface area contributed by atoms with Crippen molar-refractivity contribution >= 4 is 29.9 Å². The van der Waals surface area contributed by atoms with Crippen LogP contribution in [0.25, 0.3) is 0 Å². The van der Waals surface area contributed by atoms with Crippen molar-refractivity contribution in [2.45, 2.75) is 38.6 Å². The molecule has 0 saturated carbocycles. The van der Waals surface area contributed by atoms with Gasteiger partial charge in [-0.05, 0) is 62.5 Å². The van der Waals surface area contributed by atoms with Crippen molar-refractivity contribution in [3.05, 3.63) is 47.8 Å². The topological polar surface area (TPSA) is 66.7 Å². The number of aryl methyl sites for hydroxylation is 1. The second-order valence-corrected chi connectivity index (χ2v) is 7.80. The van der Waals surface area contributed by atoms with Crippen LogP contribution in [-0.4, -0.2) is 60.5 Å². The highest BCUT2D eigenvalue weighted by Gasteiger charge is 2.22. The standard InChI is InChI=1S/C23H36N6O.HI/c1-4-24-23(25-13-12-19-16-27-28(2)18-19)26-17-22(29-14-6-5-7-15-29)20-8-10-21(30-3)11-9-20;/h8-11,16,18,22H,4-7,12-15,17H2,1-3H3,(H2,24,25,26);1H. The largest absolute Gasteiger partial charge is 0.497 e. The Bertz CT molecular complexity index is 786. The molecule has 0 amide bonds. The zero-order valence-corrected chi connectivity index (χ0v) is 21.3. The van der Waals surface area contributed by atoms with E-state index in [1.165, 1.54) is 30.4 Å². The quantitative estimate of drug-likeness (QED) is 0.290. The van der Waals surface area contributed by atoms with Crippen molar-refractivity contribution in [1.29, 1.82) is 0 Å². The van der Waals surface area contributed by atoms with Crippen LogP contribution in [0.4, 0.5) is 0 Å². The predicted octanol–water partition coefficient (Wildman–Crippen LogP) is 3.37. The van der Waals surface area contributed by atoms with E-state index in [-0.39, 0.29) is 30.0 Å². The number of methoxy groups -OCH3 is 1. The molecule has 0 bridgehead atoms. The number of nitrogens with zero attached hydrogens (tertiary/aromatic N) is 4. The van der Waals surface area contributed by atoms with Gasteiger partial charge in [-0.1, -0.05) is 18.6 Å². The van der Waals surface area contributed by atoms with Crippen molar-refractivity contribution in [1.82, 2.24) is 25.3 Å². The van der Waals surface area contributed by atoms with Gasteiger partial charge in [0.05, 0.1) is 25.9 Å². The summed E-state index contributed by atoms with van der Waals surface area (Å²) < 4.78 is 7.18. The fraction of sp³-hybridized carbons (Fsp3) is 0.565. The van der Waals surface area contributed by atoms with Crippen molar-refractivity contribution in [3.63, 3.8) is 0 Å². The Morgan fingerprint density at radius 3 is 2.52 bits per heavy atom. The van der Waals surface area contributed by atoms with E-state index >= 15 is 0 Å². The average Bonchev–Trinajstić information content (AvgIpc) is 3.20. The highest BCUT2D eigenvalue weighted by molar-refractivity contribution is 14.0. The lowest BCUT2D eigenvalue weighted by molar-refractivity contribution is 0.167. The summed E-state index contributed by atoms with van der Waals surface area (Å²) in [5, 5.41) is 11.1. The van der Waals surface area contributed by atoms with Crippen LogP contribution in [0.15, 0.2) is 41.7 Å². The Morgan fingerprint density at radius 1 is 1.16 bits per heavy atom. The zero-order valence-electron chi connectivity index (χ0n) is 19.0. The normalized spacial score (nSPS) is 15.8. The van der Waals surface area contributed by atoms with E-state index < -0.39 is 0 Å². The number of nitrogens with one attached hydrogen (secondary N) is 2. The summed E-state index contributed by atoms with van der Waals surface area (Å²) in [4.78, 5) is 7.52. The summed E-state index contributed by atoms with van der Waals surface area (Å²) >= 11 is 0. The maximum absolute atomic E-state index is 5.34. The highest BCUT2D eigenvalue weighted by atomic mass is 127. The van der Waals surface area contributed by atoms with Crippen LogP contribution in [0.2, 0.25) is 0 Å². The van der Waals surface area contributed by atoms with Gasteiger partial charge >= 0.3 is 0 Å². The minimum Gasteiger partial charge on any atom is -0.497 e. The van der Waals surface area contributed by atoms with Crippen LogP contribution in [-0.2, 0) is 13.5 Å². The smallest absolute Gasteiger partial charge is 0.191 e. The van der Waals surface area contributed by atoms with Crippen LogP contribution in [0.5, 0.6) is 5.75 Å². The van der Waals surface area contributed by atoms with Crippen molar-refractivity contribution in [2.24, 2.45) is 12.0 Å². The van der Waals surface area contributed by atoms with Crippen LogP contribution in [0.3, 0.4) is 0 Å². The molecule has 1 saturated heterocycles. The Morgan fingerprint density at radius 2 is 1.90 bits per heavy atom. The number of ether oxygens (including phenoxy) is 1. The van der Waals surface area contributed by atoms with Crippen molar-refractivity contribution in [2.75, 3.05) is 39.8 Å². The maximum atomic E-state index is 5.34. The fourth-order valence-electron chi connectivity index (χ4n) is 3.93. The lowest BCUT2D eigenvalue weighted by Crippen LogP contribution is -2.40. The van der Waals surface area contributed by atoms with E-state index in [1.807, 2.05) is 30.1 Å². The Kier molecular flexibility index (Phi) is 11.1. The molecule has 31 heavy (non-hydrogen) atoms. The summed E-state index contributed by atoms with van der Waals surface area (Å²) in [5.74, 6) is 1.77. The van der Waals surface area contributed by atoms with Gasteiger partial charge in [-0.25, -0.2) is 0 Å². The van der Waals surface area contributed by atoms with Gasteiger partial charge in [0, 0.05) is 26.3 Å². The lowest BCUT2D eigenvalue weighted by atomic mass is 10.0. The third-order valence-electron chi connectivity index (χ3n) is 5.56. The summed E-state index contributed by atoms with van der Waals surface area (Å²) in [5.41, 5.74) is 2.53. The molecule has 1 aromatic carbocycles. The molecular weight excluding hydrogens is 503 g/mol. The number of piperidine rings is 1. The second-order valence-electron chi connectivity index (χ2n) is 7.80. The van der Waals surface area contributed by atoms with Crippen LogP contribution in [0.1, 0.15) is 43.4 Å². The molecule has 3 rings (SSSR count). The molecule has 172 valence electrons. The van der Waals surface area contributed by atoms with Gasteiger partial charge in [0.2, 0.25) is 0 Å². The first-order chi connectivity index (χ1) is 14.7. The van der Waals surface area contributed by atoms with E-state index in [1.54, 1.807) is 7.11 Å². The van der Waals surface area contributed by atoms with E-state index in [2.05, 4.69) is 45.9 Å². The molecule has 0 aliphatic carbocycles. The van der Waals surface area contributed by atoms with E-state index in [0.717, 1.165) is 50.9 Å². The minimum absolute atomic E-state index is 0. The average molecular weight is 540 g/mol. The lowest BCUT2D eigenvalue weighted by Gasteiger charge is -2.34. The van der Waals surface area contributed by atoms with Gasteiger partial charge in [-0.3, -0.25) is 14.6 Å². The molecule has 1 fully saturated rings. The molecule has 1 aliphatic rings. The monoisotopic (exact) mass is 540 g/mol. The van der Waals surface area contributed by atoms with Gasteiger partial charge in [-0.2, -0.15) is 5.10 Å². The molecule has 0 spiro atoms. The summed E-state index contributed by atoms with van der Waals surface area (Å²) in [6.45, 7) is 6.77. The molecule has 1 aliphatic heterocycles. The molecular formula is C23H37IN6O. The molecule has 2 aromatic rings. The molecule has 7 nitrogen and oxygen atoms in total. The van der Waals surface area contributed by atoms with Crippen LogP contribution < -0.4 is 15.4 Å². The van der Waals surface area contributed by atoms with Crippen LogP contribution >= 0.6 is 24.0 Å². The predicted molar refractivity (Wildman–Crippen MR) is 137 cm³/mol. The molecule has 1 unspecified atom stereocenters. The number of benzene rings is 1. The molecule has 2 N–H and O–H groups in total. The summed E-state index contributed by atoms with van der Waals surface area (Å²) in [7, 11) is 3.66. The number of rotatable bonds is 9. The van der Waals surface area contributed by atoms with Crippen LogP contribution in [0, 0.1) is 0 Å². The molecule has 2 heterocycles. The molecule has 1 atom stereocenters. The Hall–Kier alpha value is -1.81. The number of halogens is 1. The molecule has 1 aromatic heterocycles. The zero-order chi connectivity index (χ0) is 21.2. The highest BCUT2D eigenvalue weighted by Crippen LogP contribution is 2.26. The van der Waals surface area contributed by atoms with E-state index in [4.69, 9.17) is 9.73 Å². The second kappa shape index (κ2) is 13.6. The number of likely N-dealkylation sites (tertiary alicyclic amines) is 1. The van der Waals surface area contributed by atoms with Crippen molar-refractivity contribution < 1.29 is 4.74 Å². The third kappa shape index (κ3) is 7.99. The SMILES string of the molecule is CCNC(=NCC(c1ccc(OC)cc1)N1CCCCC1)NCCc1cnn(C)c1.I. The van der Waals surface area contributed by atoms with Gasteiger partial charge in [0.1, 0.15) is 5.75 Å². The van der Waals surface area contributed by atoms with Gasteiger partial charge in [0.25, 0.3) is 0 Å². The number of aromatic nitrogens is 2. The molecule has 0 radical (unpaired) electrons. The van der Waals surface area contributed by atoms with Gasteiger partial charge < -0.3 is 15.4 Å². The first-order valence-corrected chi connectivity index (χ1v) is 11.1. The minimum atomic E-state index is 0. The number of hydrogen-bond donors (Lipinski definition) is 2. The van der Waals surface area contributed by atoms with Gasteiger partial charge in [-0.15, -0.1) is 24.0 Å². The van der Waals surface area contributed by atoms with Crippen molar-refractivity contribution in [3.8, 4) is 5.75 Å². The fourth-order valence-corrected chi connectivity index (χ4v) is 3.93. The first-order valence-electron chi connectivity index (χ1n) is 11.1. The van der Waals surface area contributed by atoms with E-state index in [0.29, 0.717) is 0 Å². The number of aliphatic imine (C=N–C) groups is 1. The number of guanidine groups is 1. The first kappa shape index (κ1) is 25.5. The number of hydrogen-bond acceptors (Lipinski definition) is 4. The molecule has 8 heteroatoms. The summed E-state index contributed by atoms with van der Waals surface area (Å²) in [6, 6.07) is 8.73.